The third kappa shape index (κ3) is 3.96. The molecule has 0 aliphatic carbocycles. The van der Waals surface area contributed by atoms with Crippen molar-refractivity contribution in [1.82, 2.24) is 4.90 Å². The first kappa shape index (κ1) is 18.2. The fourth-order valence-electron chi connectivity index (χ4n) is 2.32. The Bertz CT molecular complexity index is 889. The summed E-state index contributed by atoms with van der Waals surface area (Å²) in [6.45, 7) is 0.0425. The molecule has 2 aromatic rings. The largest absolute Gasteiger partial charge is 0.761 e. The van der Waals surface area contributed by atoms with Crippen LogP contribution in [0.5, 0.6) is 0 Å². The Kier molecular flexibility index (Phi) is 5.40. The zero-order chi connectivity index (χ0) is 18.7. The van der Waals surface area contributed by atoms with Gasteiger partial charge in [-0.15, -0.1) is 0 Å². The molecule has 2 N–H and O–H groups in total. The number of anilines is 1. The average molecular weight is 389 g/mol. The molecule has 0 radical (unpaired) electrons. The van der Waals surface area contributed by atoms with E-state index in [9.17, 15) is 14.8 Å². The minimum absolute atomic E-state index is 0.0425. The summed E-state index contributed by atoms with van der Waals surface area (Å²) in [7, 11) is 0. The van der Waals surface area contributed by atoms with E-state index in [-0.39, 0.29) is 18.9 Å². The first-order valence-corrected chi connectivity index (χ1v) is 8.76. The Hall–Kier alpha value is -2.62. The minimum atomic E-state index is -0.989. The van der Waals surface area contributed by atoms with Crippen LogP contribution in [-0.2, 0) is 9.59 Å². The smallest absolute Gasteiger partial charge is 0.305 e. The van der Waals surface area contributed by atoms with Crippen LogP contribution in [0.4, 0.5) is 5.69 Å². The van der Waals surface area contributed by atoms with Crippen molar-refractivity contribution < 1.29 is 19.1 Å². The third-order valence-electron chi connectivity index (χ3n) is 3.61. The molecule has 1 aliphatic heterocycles. The number of aliphatic carboxylic acids is 1. The first-order chi connectivity index (χ1) is 12.5. The van der Waals surface area contributed by atoms with E-state index < -0.39 is 5.97 Å². The number of carbonyl (C=O) groups excluding carboxylic acids is 1. The van der Waals surface area contributed by atoms with Crippen LogP contribution in [0.25, 0.3) is 17.4 Å². The van der Waals surface area contributed by atoms with Crippen LogP contribution in [0.1, 0.15) is 12.2 Å². The standard InChI is InChI=1S/C17H13N2O5S2/c20-15(21)7-8-19-16(22)14(26-17(19)25)9-12-5-6-13(24-12)10-1-3-11(18-23)4-2-10/h1-6,9,18H,7-8H2,(H,20,21)/q-1/b14-9-. The highest BCUT2D eigenvalue weighted by molar-refractivity contribution is 8.26. The van der Waals surface area contributed by atoms with Crippen molar-refractivity contribution in [1.29, 1.82) is 0 Å². The number of benzene rings is 1. The maximum Gasteiger partial charge on any atom is 0.305 e. The highest BCUT2D eigenvalue weighted by Crippen LogP contribution is 2.33. The van der Waals surface area contributed by atoms with Crippen molar-refractivity contribution in [3.05, 3.63) is 52.3 Å². The number of amides is 1. The number of carbonyl (C=O) groups is 2. The fraction of sp³-hybridized carbons (Fsp3) is 0.118. The molecule has 7 nitrogen and oxygen atoms in total. The van der Waals surface area contributed by atoms with Gasteiger partial charge in [0, 0.05) is 23.9 Å². The summed E-state index contributed by atoms with van der Waals surface area (Å²) in [5.74, 6) is -0.248. The molecule has 1 aromatic heterocycles. The van der Waals surface area contributed by atoms with E-state index in [0.29, 0.717) is 26.4 Å². The van der Waals surface area contributed by atoms with Crippen LogP contribution >= 0.6 is 24.0 Å². The molecule has 0 bridgehead atoms. The molecule has 134 valence electrons. The van der Waals surface area contributed by atoms with Gasteiger partial charge < -0.3 is 20.2 Å². The van der Waals surface area contributed by atoms with E-state index >= 15 is 0 Å². The van der Waals surface area contributed by atoms with Gasteiger partial charge in [0.15, 0.2) is 0 Å². The minimum Gasteiger partial charge on any atom is -0.761 e. The highest BCUT2D eigenvalue weighted by Gasteiger charge is 2.32. The summed E-state index contributed by atoms with van der Waals surface area (Å²) in [6.07, 6.45) is 1.41. The average Bonchev–Trinajstić information content (AvgIpc) is 3.19. The van der Waals surface area contributed by atoms with Crippen molar-refractivity contribution in [3.8, 4) is 11.3 Å². The molecular weight excluding hydrogens is 376 g/mol. The number of nitrogens with one attached hydrogen (secondary N) is 1. The molecule has 1 amide bonds. The lowest BCUT2D eigenvalue weighted by Gasteiger charge is -2.12. The van der Waals surface area contributed by atoms with Gasteiger partial charge in [-0.1, -0.05) is 24.0 Å². The van der Waals surface area contributed by atoms with Gasteiger partial charge >= 0.3 is 5.97 Å². The number of furan rings is 1. The number of hydrogen-bond donors (Lipinski definition) is 2. The summed E-state index contributed by atoms with van der Waals surface area (Å²) in [4.78, 5) is 24.7. The van der Waals surface area contributed by atoms with E-state index in [2.05, 4.69) is 0 Å². The van der Waals surface area contributed by atoms with Crippen LogP contribution in [-0.4, -0.2) is 32.7 Å². The molecule has 1 fully saturated rings. The van der Waals surface area contributed by atoms with Gasteiger partial charge in [-0.05, 0) is 36.4 Å². The molecule has 26 heavy (non-hydrogen) atoms. The molecule has 0 unspecified atom stereocenters. The van der Waals surface area contributed by atoms with Crippen LogP contribution in [0.15, 0.2) is 45.7 Å². The zero-order valence-corrected chi connectivity index (χ0v) is 14.9. The van der Waals surface area contributed by atoms with Crippen molar-refractivity contribution in [2.75, 3.05) is 12.0 Å². The highest BCUT2D eigenvalue weighted by atomic mass is 32.2. The molecule has 1 saturated heterocycles. The molecule has 1 aromatic carbocycles. The van der Waals surface area contributed by atoms with Crippen LogP contribution in [0.3, 0.4) is 0 Å². The summed E-state index contributed by atoms with van der Waals surface area (Å²) in [6, 6.07) is 10.2. The second kappa shape index (κ2) is 7.73. The summed E-state index contributed by atoms with van der Waals surface area (Å²) in [5.41, 5.74) is 3.04. The molecule has 2 heterocycles. The van der Waals surface area contributed by atoms with Gasteiger partial charge in [0.2, 0.25) is 0 Å². The maximum atomic E-state index is 12.4. The molecule has 0 saturated carbocycles. The second-order valence-electron chi connectivity index (χ2n) is 5.36. The van der Waals surface area contributed by atoms with E-state index in [4.69, 9.17) is 21.7 Å². The number of nitrogens with zero attached hydrogens (tertiary/aromatic N) is 1. The number of thiocarbonyl (C=S) groups is 1. The van der Waals surface area contributed by atoms with Gasteiger partial charge in [-0.25, -0.2) is 0 Å². The predicted molar refractivity (Wildman–Crippen MR) is 103 cm³/mol. The van der Waals surface area contributed by atoms with Crippen LogP contribution in [0, 0.1) is 5.21 Å². The maximum absolute atomic E-state index is 12.4. The Morgan fingerprint density at radius 3 is 2.69 bits per heavy atom. The van der Waals surface area contributed by atoms with E-state index in [0.717, 1.165) is 17.3 Å². The zero-order valence-electron chi connectivity index (χ0n) is 13.3. The third-order valence-corrected chi connectivity index (χ3v) is 4.99. The topological polar surface area (TPSA) is 106 Å². The lowest BCUT2D eigenvalue weighted by Crippen LogP contribution is -2.30. The van der Waals surface area contributed by atoms with Gasteiger partial charge in [0.05, 0.1) is 11.3 Å². The van der Waals surface area contributed by atoms with Crippen molar-refractivity contribution >= 4 is 51.9 Å². The second-order valence-corrected chi connectivity index (χ2v) is 7.03. The van der Waals surface area contributed by atoms with E-state index in [1.165, 1.54) is 4.90 Å². The van der Waals surface area contributed by atoms with Gasteiger partial charge in [-0.3, -0.25) is 14.5 Å². The quantitative estimate of drug-likeness (QED) is 0.439. The van der Waals surface area contributed by atoms with E-state index in [1.54, 1.807) is 48.0 Å². The van der Waals surface area contributed by atoms with Crippen LogP contribution in [0.2, 0.25) is 0 Å². The van der Waals surface area contributed by atoms with Gasteiger partial charge in [0.25, 0.3) is 5.91 Å². The van der Waals surface area contributed by atoms with Crippen molar-refractivity contribution in [3.63, 3.8) is 0 Å². The summed E-state index contributed by atoms with van der Waals surface area (Å²) in [5, 5.41) is 19.3. The van der Waals surface area contributed by atoms with Gasteiger partial charge in [0.1, 0.15) is 15.8 Å². The Balaban J connectivity index is 1.76. The molecule has 3 rings (SSSR count). The van der Waals surface area contributed by atoms with Crippen molar-refractivity contribution in [2.45, 2.75) is 6.42 Å². The molecule has 1 aliphatic rings. The number of thioether (sulfide) groups is 1. The summed E-state index contributed by atoms with van der Waals surface area (Å²) < 4.78 is 6.05. The summed E-state index contributed by atoms with van der Waals surface area (Å²) >= 11 is 6.25. The molecular formula is C17H13N2O5S2-. The number of carboxylic acids is 1. The number of carboxylic acid groups (broad SMARTS) is 1. The Morgan fingerprint density at radius 2 is 2.04 bits per heavy atom. The first-order valence-electron chi connectivity index (χ1n) is 7.53. The van der Waals surface area contributed by atoms with E-state index in [1.807, 2.05) is 0 Å². The van der Waals surface area contributed by atoms with Crippen LogP contribution < -0.4 is 5.48 Å². The molecule has 0 atom stereocenters. The molecule has 9 heteroatoms. The Morgan fingerprint density at radius 1 is 1.31 bits per heavy atom. The van der Waals surface area contributed by atoms with Gasteiger partial charge in [-0.2, -0.15) is 0 Å². The number of rotatable bonds is 6. The lowest BCUT2D eigenvalue weighted by molar-refractivity contribution is -0.137. The Labute approximate surface area is 158 Å². The van der Waals surface area contributed by atoms with Crippen molar-refractivity contribution in [2.24, 2.45) is 0 Å². The lowest BCUT2D eigenvalue weighted by atomic mass is 10.1. The SMILES string of the molecule is O=C(O)CCN1C(=O)/C(=C/c2ccc(-c3ccc(N[O-])cc3)o2)SC1=S. The monoisotopic (exact) mass is 389 g/mol. The normalized spacial score (nSPS) is 15.7. The number of hydrogen-bond acceptors (Lipinski definition) is 7. The molecule has 0 spiro atoms. The predicted octanol–water partition coefficient (Wildman–Crippen LogP) is 3.53. The fourth-order valence-corrected chi connectivity index (χ4v) is 3.61.